The third-order valence-electron chi connectivity index (χ3n) is 0. The fraction of sp³-hybridized carbons (Fsp3) is 0. The molecule has 39 valence electrons. The Morgan fingerprint density at radius 1 is 1.29 bits per heavy atom. The molecule has 0 atom stereocenters. The minimum atomic E-state index is -5.39. The Morgan fingerprint density at radius 2 is 1.29 bits per heavy atom. The van der Waals surface area contributed by atoms with Crippen LogP contribution in [0.1, 0.15) is 1.43 Å². The van der Waals surface area contributed by atoms with Gasteiger partial charge < -0.3 is 20.7 Å². The molecule has 0 saturated carbocycles. The zero-order valence-corrected chi connectivity index (χ0v) is 5.43. The summed E-state index contributed by atoms with van der Waals surface area (Å²) in [6.45, 7) is 0. The van der Waals surface area contributed by atoms with Gasteiger partial charge in [-0.2, -0.15) is 7.82 Å². The molecule has 1 radical (unpaired) electrons. The Balaban J connectivity index is -0.0000000267. The topological polar surface area (TPSA) is 86.2 Å². The van der Waals surface area contributed by atoms with Crippen LogP contribution in [-0.4, -0.2) is 0 Å². The van der Waals surface area contributed by atoms with Gasteiger partial charge in [0.05, 0.1) is 0 Å². The van der Waals surface area contributed by atoms with E-state index in [-0.39, 0.29) is 37.4 Å². The molecule has 0 aromatic rings. The van der Waals surface area contributed by atoms with Gasteiger partial charge in [0.1, 0.15) is 0 Å². The molecule has 0 N–H and O–H groups in total. The van der Waals surface area contributed by atoms with Crippen molar-refractivity contribution in [2.24, 2.45) is 0 Å². The molecule has 7 heavy (non-hydrogen) atoms. The van der Waals surface area contributed by atoms with Crippen molar-refractivity contribution in [2.45, 2.75) is 0 Å². The Bertz CT molecular complexity index is 62.2. The third-order valence-corrected chi connectivity index (χ3v) is 0. The second-order valence-electron chi connectivity index (χ2n) is 0.447. The number of rotatable bonds is 0. The van der Waals surface area contributed by atoms with Crippen LogP contribution >= 0.6 is 7.82 Å². The molecule has 0 saturated heterocycles. The van der Waals surface area contributed by atoms with E-state index >= 15 is 0 Å². The van der Waals surface area contributed by atoms with Gasteiger partial charge in [0, 0.05) is 0 Å². The molecule has 0 aliphatic heterocycles. The summed E-state index contributed by atoms with van der Waals surface area (Å²) in [5.74, 6) is 0. The zero-order valence-electron chi connectivity index (χ0n) is 4.43. The first-order chi connectivity index (χ1) is 2.00. The van der Waals surface area contributed by atoms with Crippen molar-refractivity contribution in [1.29, 1.82) is 0 Å². The number of hydrogen-bond acceptors (Lipinski definition) is 4. The quantitative estimate of drug-likeness (QED) is 0.260. The van der Waals surface area contributed by atoms with Gasteiger partial charge >= 0.3 is 35.9 Å². The fourth-order valence-corrected chi connectivity index (χ4v) is 0. The molecule has 0 aromatic carbocycles. The van der Waals surface area contributed by atoms with E-state index in [1.807, 2.05) is 0 Å². The van der Waals surface area contributed by atoms with Gasteiger partial charge in [-0.25, -0.2) is 0 Å². The summed E-state index contributed by atoms with van der Waals surface area (Å²) in [4.78, 5) is 25.6. The van der Waals surface area contributed by atoms with E-state index in [1.165, 1.54) is 0 Å². The van der Waals surface area contributed by atoms with Crippen LogP contribution < -0.4 is 33.5 Å². The van der Waals surface area contributed by atoms with E-state index in [2.05, 4.69) is 0 Å². The van der Waals surface area contributed by atoms with Crippen molar-refractivity contribution >= 4 is 7.82 Å². The van der Waals surface area contributed by atoms with Gasteiger partial charge in [-0.05, 0) is 0 Å². The third kappa shape index (κ3) is 131. The SMILES string of the molecule is O=P([O-])([O-])[O-].[Fe+3].[H-].[Li+]. The second-order valence-corrected chi connectivity index (χ2v) is 1.34. The summed E-state index contributed by atoms with van der Waals surface area (Å²) in [7, 11) is -5.39. The molecule has 0 amide bonds. The van der Waals surface area contributed by atoms with Crippen LogP contribution in [-0.2, 0) is 21.6 Å². The van der Waals surface area contributed by atoms with Gasteiger partial charge in [-0.15, -0.1) is 0 Å². The number of phosphoric acid groups is 1. The van der Waals surface area contributed by atoms with Crippen LogP contribution in [0.3, 0.4) is 0 Å². The Kier molecular flexibility index (Phi) is 12.1. The van der Waals surface area contributed by atoms with E-state index in [0.717, 1.165) is 0 Å². The van der Waals surface area contributed by atoms with Crippen molar-refractivity contribution in [3.63, 3.8) is 0 Å². The maximum absolute atomic E-state index is 8.55. The average molecular weight is 159 g/mol. The van der Waals surface area contributed by atoms with Crippen LogP contribution in [0.25, 0.3) is 0 Å². The molecule has 0 aromatic heterocycles. The van der Waals surface area contributed by atoms with Gasteiger partial charge in [-0.3, -0.25) is 0 Å². The van der Waals surface area contributed by atoms with E-state index in [9.17, 15) is 0 Å². The fourth-order valence-electron chi connectivity index (χ4n) is 0. The molecular formula is HFeLiO4P. The molecule has 0 aliphatic rings. The predicted molar refractivity (Wildman–Crippen MR) is 8.72 cm³/mol. The Labute approximate surface area is 64.7 Å². The monoisotopic (exact) mass is 159 g/mol. The van der Waals surface area contributed by atoms with Gasteiger partial charge in [0.15, 0.2) is 0 Å². The summed E-state index contributed by atoms with van der Waals surface area (Å²) in [6.07, 6.45) is 0. The largest absolute Gasteiger partial charge is 3.00 e. The molecule has 0 unspecified atom stereocenters. The van der Waals surface area contributed by atoms with Crippen LogP contribution in [0.15, 0.2) is 0 Å². The molecule has 0 bridgehead atoms. The molecule has 0 aliphatic carbocycles. The summed E-state index contributed by atoms with van der Waals surface area (Å²) in [5, 5.41) is 0. The number of hydrogen-bond donors (Lipinski definition) is 0. The van der Waals surface area contributed by atoms with Crippen LogP contribution in [0.5, 0.6) is 0 Å². The minimum absolute atomic E-state index is 0. The first-order valence-electron chi connectivity index (χ1n) is 0.730. The normalized spacial score (nSPS) is 8.43. The van der Waals surface area contributed by atoms with E-state index in [1.54, 1.807) is 0 Å². The summed E-state index contributed by atoms with van der Waals surface area (Å²) >= 11 is 0. The molecule has 4 nitrogen and oxygen atoms in total. The smallest absolute Gasteiger partial charge is 1.00 e. The van der Waals surface area contributed by atoms with Gasteiger partial charge in [0.25, 0.3) is 0 Å². The first kappa shape index (κ1) is 15.7. The second kappa shape index (κ2) is 5.37. The van der Waals surface area contributed by atoms with Crippen LogP contribution in [0.4, 0.5) is 0 Å². The van der Waals surface area contributed by atoms with Crippen LogP contribution in [0, 0.1) is 0 Å². The molecule has 0 fully saturated rings. The van der Waals surface area contributed by atoms with E-state index in [4.69, 9.17) is 19.2 Å². The Morgan fingerprint density at radius 3 is 1.29 bits per heavy atom. The van der Waals surface area contributed by atoms with Crippen molar-refractivity contribution in [3.8, 4) is 0 Å². The first-order valence-corrected chi connectivity index (χ1v) is 2.19. The van der Waals surface area contributed by atoms with Crippen molar-refractivity contribution in [1.82, 2.24) is 0 Å². The molecular weight excluding hydrogens is 158 g/mol. The molecule has 0 heterocycles. The average Bonchev–Trinajstić information content (AvgIpc) is 0.722. The standard InChI is InChI=1S/Fe.Li.H3O4P.H/c;;1-5(2,3)4;/h;;(H3,1,2,3,4);/q+3;+1;;-1/p-3. The van der Waals surface area contributed by atoms with Crippen molar-refractivity contribution in [2.75, 3.05) is 0 Å². The summed E-state index contributed by atoms with van der Waals surface area (Å²) < 4.78 is 8.55. The van der Waals surface area contributed by atoms with Crippen molar-refractivity contribution < 1.29 is 56.6 Å². The van der Waals surface area contributed by atoms with E-state index in [0.29, 0.717) is 0 Å². The Hall–Kier alpha value is 1.23. The maximum Gasteiger partial charge on any atom is 3.00 e. The van der Waals surface area contributed by atoms with E-state index < -0.39 is 7.82 Å². The predicted octanol–water partition coefficient (Wildman–Crippen LogP) is -5.71. The molecule has 0 rings (SSSR count). The molecule has 0 spiro atoms. The summed E-state index contributed by atoms with van der Waals surface area (Å²) in [6, 6.07) is 0. The van der Waals surface area contributed by atoms with Gasteiger partial charge in [-0.1, -0.05) is 0 Å². The minimum Gasteiger partial charge on any atom is -1.00 e. The van der Waals surface area contributed by atoms with Crippen molar-refractivity contribution in [3.05, 3.63) is 0 Å². The zero-order chi connectivity index (χ0) is 4.50. The summed E-state index contributed by atoms with van der Waals surface area (Å²) in [5.41, 5.74) is 0. The molecule has 7 heteroatoms. The maximum atomic E-state index is 8.55. The van der Waals surface area contributed by atoms with Gasteiger partial charge in [0.2, 0.25) is 0 Å². The van der Waals surface area contributed by atoms with Crippen LogP contribution in [0.2, 0.25) is 0 Å².